The Kier molecular flexibility index (Phi) is 6.71. The highest BCUT2D eigenvalue weighted by Gasteiger charge is 2.40. The number of halogens is 1. The average molecular weight is 474 g/mol. The Bertz CT molecular complexity index is 1140. The molecule has 1 aromatic heterocycles. The van der Waals surface area contributed by atoms with Crippen molar-refractivity contribution in [1.82, 2.24) is 9.88 Å². The molecule has 0 aliphatic heterocycles. The summed E-state index contributed by atoms with van der Waals surface area (Å²) >= 11 is 6.29. The van der Waals surface area contributed by atoms with E-state index in [2.05, 4.69) is 34.1 Å². The third-order valence-corrected chi connectivity index (χ3v) is 7.92. The van der Waals surface area contributed by atoms with Crippen molar-refractivity contribution in [3.63, 3.8) is 0 Å². The lowest BCUT2D eigenvalue weighted by Gasteiger charge is -2.43. The maximum Gasteiger partial charge on any atom is 0.255 e. The number of nitrogens with zero attached hydrogens (tertiary/aromatic N) is 2. The molecular weight excluding hydrogens is 442 g/mol. The predicted octanol–water partition coefficient (Wildman–Crippen LogP) is 6.09. The Hall–Kier alpha value is -2.69. The van der Waals surface area contributed by atoms with Gasteiger partial charge in [0.1, 0.15) is 0 Å². The molecule has 2 aromatic carbocycles. The summed E-state index contributed by atoms with van der Waals surface area (Å²) in [6.45, 7) is 1.44. The molecule has 3 aromatic rings. The lowest BCUT2D eigenvalue weighted by molar-refractivity contribution is 0.0581. The van der Waals surface area contributed by atoms with Crippen molar-refractivity contribution in [2.75, 3.05) is 13.1 Å². The van der Waals surface area contributed by atoms with E-state index in [0.29, 0.717) is 18.0 Å². The quantitative estimate of drug-likeness (QED) is 0.451. The minimum Gasteiger partial charge on any atom is -0.335 e. The van der Waals surface area contributed by atoms with Gasteiger partial charge in [0.2, 0.25) is 0 Å². The zero-order valence-electron chi connectivity index (χ0n) is 19.5. The molecule has 34 heavy (non-hydrogen) atoms. The van der Waals surface area contributed by atoms with Crippen molar-refractivity contribution >= 4 is 17.5 Å². The fraction of sp³-hybridized carbons (Fsp3) is 0.379. The van der Waals surface area contributed by atoms with Gasteiger partial charge in [0.25, 0.3) is 5.91 Å². The van der Waals surface area contributed by atoms with Crippen LogP contribution in [0.2, 0.25) is 5.02 Å². The minimum absolute atomic E-state index is 0.0650. The maximum absolute atomic E-state index is 13.8. The highest BCUT2D eigenvalue weighted by atomic mass is 35.5. The van der Waals surface area contributed by atoms with Gasteiger partial charge in [-0.2, -0.15) is 0 Å². The lowest BCUT2D eigenvalue weighted by Crippen LogP contribution is -2.48. The smallest absolute Gasteiger partial charge is 0.255 e. The first-order chi connectivity index (χ1) is 16.6. The van der Waals surface area contributed by atoms with Crippen LogP contribution in [0.25, 0.3) is 11.1 Å². The van der Waals surface area contributed by atoms with E-state index in [1.165, 1.54) is 18.4 Å². The summed E-state index contributed by atoms with van der Waals surface area (Å²) in [6.07, 6.45) is 9.81. The summed E-state index contributed by atoms with van der Waals surface area (Å²) in [5, 5.41) is 0.754. The van der Waals surface area contributed by atoms with Gasteiger partial charge in [-0.1, -0.05) is 54.1 Å². The molecule has 0 radical (unpaired) electrons. The Labute approximate surface area is 207 Å². The fourth-order valence-electron chi connectivity index (χ4n) is 5.38. The first-order valence-electron chi connectivity index (χ1n) is 12.4. The Morgan fingerprint density at radius 1 is 0.971 bits per heavy atom. The normalized spacial score (nSPS) is 22.4. The standard InChI is InChI=1S/C29H32ClN3O/c30-26-8-4-7-25(16-26)29(20-31)13-11-27(12-14-29)33(19-21-9-10-21)28(34)24-15-23(17-32-18-24)22-5-2-1-3-6-22/h1-8,15-18,21,27H,9-14,19-20,31H2. The van der Waals surface area contributed by atoms with E-state index in [9.17, 15) is 4.79 Å². The van der Waals surface area contributed by atoms with E-state index in [1.54, 1.807) is 6.20 Å². The van der Waals surface area contributed by atoms with Crippen LogP contribution >= 0.6 is 11.6 Å². The summed E-state index contributed by atoms with van der Waals surface area (Å²) in [4.78, 5) is 20.3. The van der Waals surface area contributed by atoms with Gasteiger partial charge in [0.05, 0.1) is 5.56 Å². The molecule has 2 saturated carbocycles. The first kappa shape index (κ1) is 23.1. The molecule has 0 atom stereocenters. The van der Waals surface area contributed by atoms with E-state index < -0.39 is 0 Å². The third kappa shape index (κ3) is 4.89. The number of aromatic nitrogens is 1. The third-order valence-electron chi connectivity index (χ3n) is 7.69. The maximum atomic E-state index is 13.8. The van der Waals surface area contributed by atoms with E-state index in [0.717, 1.165) is 48.4 Å². The van der Waals surface area contributed by atoms with Crippen molar-refractivity contribution in [3.8, 4) is 11.1 Å². The van der Waals surface area contributed by atoms with E-state index >= 15 is 0 Å². The van der Waals surface area contributed by atoms with Crippen molar-refractivity contribution in [3.05, 3.63) is 89.2 Å². The highest BCUT2D eigenvalue weighted by Crippen LogP contribution is 2.42. The van der Waals surface area contributed by atoms with Crippen LogP contribution in [0.3, 0.4) is 0 Å². The van der Waals surface area contributed by atoms with Crippen LogP contribution in [0.15, 0.2) is 73.1 Å². The van der Waals surface area contributed by atoms with Crippen molar-refractivity contribution in [2.24, 2.45) is 11.7 Å². The van der Waals surface area contributed by atoms with Gasteiger partial charge in [-0.15, -0.1) is 0 Å². The van der Waals surface area contributed by atoms with Crippen molar-refractivity contribution < 1.29 is 4.79 Å². The lowest BCUT2D eigenvalue weighted by atomic mass is 9.68. The van der Waals surface area contributed by atoms with Crippen LogP contribution in [0, 0.1) is 5.92 Å². The molecule has 0 unspecified atom stereocenters. The number of amides is 1. The average Bonchev–Trinajstić information content (AvgIpc) is 3.72. The number of hydrogen-bond acceptors (Lipinski definition) is 3. The molecule has 5 heteroatoms. The molecule has 2 N–H and O–H groups in total. The molecule has 1 amide bonds. The number of nitrogens with two attached hydrogens (primary N) is 1. The summed E-state index contributed by atoms with van der Waals surface area (Å²) in [5.41, 5.74) is 10.2. The molecule has 2 aliphatic carbocycles. The summed E-state index contributed by atoms with van der Waals surface area (Å²) in [7, 11) is 0. The van der Waals surface area contributed by atoms with E-state index in [1.807, 2.05) is 42.6 Å². The Morgan fingerprint density at radius 2 is 1.74 bits per heavy atom. The highest BCUT2D eigenvalue weighted by molar-refractivity contribution is 6.30. The van der Waals surface area contributed by atoms with Crippen LogP contribution in [-0.4, -0.2) is 34.9 Å². The van der Waals surface area contributed by atoms with Gasteiger partial charge in [0, 0.05) is 47.5 Å². The fourth-order valence-corrected chi connectivity index (χ4v) is 5.57. The number of carbonyl (C=O) groups is 1. The van der Waals surface area contributed by atoms with E-state index in [4.69, 9.17) is 17.3 Å². The van der Waals surface area contributed by atoms with Gasteiger partial charge in [0.15, 0.2) is 0 Å². The van der Waals surface area contributed by atoms with Crippen LogP contribution in [0.5, 0.6) is 0 Å². The molecule has 2 fully saturated rings. The number of hydrogen-bond donors (Lipinski definition) is 1. The monoisotopic (exact) mass is 473 g/mol. The zero-order valence-corrected chi connectivity index (χ0v) is 20.3. The molecule has 2 aliphatic rings. The topological polar surface area (TPSA) is 59.2 Å². The summed E-state index contributed by atoms with van der Waals surface area (Å²) < 4.78 is 0. The number of benzene rings is 2. The van der Waals surface area contributed by atoms with Crippen LogP contribution < -0.4 is 5.73 Å². The minimum atomic E-state index is -0.0650. The molecule has 0 saturated heterocycles. The number of carbonyl (C=O) groups excluding carboxylic acids is 1. The molecule has 176 valence electrons. The second-order valence-electron chi connectivity index (χ2n) is 9.96. The molecule has 4 nitrogen and oxygen atoms in total. The summed E-state index contributed by atoms with van der Waals surface area (Å²) in [6, 6.07) is 20.5. The molecule has 0 spiro atoms. The molecule has 1 heterocycles. The SMILES string of the molecule is NCC1(c2cccc(Cl)c2)CCC(N(CC2CC2)C(=O)c2cncc(-c3ccccc3)c2)CC1. The molecule has 5 rings (SSSR count). The van der Waals surface area contributed by atoms with E-state index in [-0.39, 0.29) is 17.4 Å². The first-order valence-corrected chi connectivity index (χ1v) is 12.7. The second-order valence-corrected chi connectivity index (χ2v) is 10.4. The molecular formula is C29H32ClN3O. The molecule has 0 bridgehead atoms. The van der Waals surface area contributed by atoms with Crippen molar-refractivity contribution in [1.29, 1.82) is 0 Å². The van der Waals surface area contributed by atoms with Gasteiger partial charge in [-0.3, -0.25) is 9.78 Å². The van der Waals surface area contributed by atoms with Gasteiger partial charge >= 0.3 is 0 Å². The Balaban J connectivity index is 1.36. The Morgan fingerprint density at radius 3 is 2.41 bits per heavy atom. The van der Waals surface area contributed by atoms with Gasteiger partial charge < -0.3 is 10.6 Å². The van der Waals surface area contributed by atoms with Gasteiger partial charge in [-0.05, 0) is 73.8 Å². The number of rotatable bonds is 7. The largest absolute Gasteiger partial charge is 0.335 e. The number of pyridine rings is 1. The second kappa shape index (κ2) is 9.89. The zero-order chi connectivity index (χ0) is 23.5. The predicted molar refractivity (Wildman–Crippen MR) is 138 cm³/mol. The van der Waals surface area contributed by atoms with Crippen molar-refractivity contribution in [2.45, 2.75) is 50.0 Å². The van der Waals surface area contributed by atoms with Gasteiger partial charge in [-0.25, -0.2) is 0 Å². The van der Waals surface area contributed by atoms with Crippen LogP contribution in [0.1, 0.15) is 54.4 Å². The van der Waals surface area contributed by atoms with Crippen LogP contribution in [0.4, 0.5) is 0 Å². The summed E-state index contributed by atoms with van der Waals surface area (Å²) in [5.74, 6) is 0.730. The van der Waals surface area contributed by atoms with Crippen LogP contribution in [-0.2, 0) is 5.41 Å².